The number of hydrogen-bond donors (Lipinski definition) is 6. The molecule has 0 aromatic heterocycles. The Morgan fingerprint density at radius 1 is 0.444 bits per heavy atom. The molecule has 0 atom stereocenters. The normalized spacial score (nSPS) is 12.8. The zero-order valence-electron chi connectivity index (χ0n) is 35.2. The molecule has 63 heavy (non-hydrogen) atoms. The molecule has 16 nitrogen and oxygen atoms in total. The van der Waals surface area contributed by atoms with Gasteiger partial charge in [0.1, 0.15) is 0 Å². The van der Waals surface area contributed by atoms with E-state index in [1.807, 2.05) is 36.4 Å². The Kier molecular flexibility index (Phi) is 17.5. The van der Waals surface area contributed by atoms with Crippen molar-refractivity contribution in [2.24, 2.45) is 0 Å². The molecule has 330 valence electrons. The Hall–Kier alpha value is -7.36. The maximum atomic E-state index is 12.1. The number of hydrogen-bond acceptors (Lipinski definition) is 10. The lowest BCUT2D eigenvalue weighted by Crippen LogP contribution is -2.48. The van der Waals surface area contributed by atoms with Gasteiger partial charge in [0.05, 0.1) is 6.42 Å². The van der Waals surface area contributed by atoms with Crippen LogP contribution in [0.4, 0.5) is 22.7 Å². The molecule has 8 N–H and O–H groups in total. The average Bonchev–Trinajstić information content (AvgIpc) is 3.25. The van der Waals surface area contributed by atoms with Gasteiger partial charge in [-0.2, -0.15) is 0 Å². The summed E-state index contributed by atoms with van der Waals surface area (Å²) in [5.74, 6) is -1.21. The van der Waals surface area contributed by atoms with E-state index in [9.17, 15) is 38.4 Å². The van der Waals surface area contributed by atoms with Crippen molar-refractivity contribution in [3.05, 3.63) is 119 Å². The molecule has 8 amide bonds. The summed E-state index contributed by atoms with van der Waals surface area (Å²) in [6.45, 7) is 1.53. The van der Waals surface area contributed by atoms with Gasteiger partial charge in [-0.05, 0) is 90.0 Å². The Morgan fingerprint density at radius 2 is 0.810 bits per heavy atom. The van der Waals surface area contributed by atoms with Crippen molar-refractivity contribution in [2.75, 3.05) is 48.3 Å². The van der Waals surface area contributed by atoms with Gasteiger partial charge in [-0.1, -0.05) is 48.5 Å². The molecular formula is C47H54N8O8. The van der Waals surface area contributed by atoms with Crippen LogP contribution in [0.15, 0.2) is 97.1 Å². The quantitative estimate of drug-likeness (QED) is 0.0590. The first-order chi connectivity index (χ1) is 30.3. The van der Waals surface area contributed by atoms with Crippen molar-refractivity contribution in [1.82, 2.24) is 20.4 Å². The number of carbonyl (C=O) groups excluding carboxylic acids is 8. The second kappa shape index (κ2) is 23.6. The van der Waals surface area contributed by atoms with Gasteiger partial charge >= 0.3 is 0 Å². The summed E-state index contributed by atoms with van der Waals surface area (Å²) in [6.07, 6.45) is 4.11. The highest BCUT2D eigenvalue weighted by atomic mass is 16.2. The van der Waals surface area contributed by atoms with Crippen molar-refractivity contribution in [1.29, 1.82) is 0 Å². The largest absolute Gasteiger partial charge is 0.399 e. The van der Waals surface area contributed by atoms with Crippen LogP contribution in [-0.2, 0) is 64.0 Å². The van der Waals surface area contributed by atoms with E-state index in [-0.39, 0.29) is 86.0 Å². The minimum atomic E-state index is -0.214. The molecule has 0 saturated carbocycles. The van der Waals surface area contributed by atoms with E-state index >= 15 is 0 Å². The smallest absolute Gasteiger partial charge is 0.233 e. The maximum Gasteiger partial charge on any atom is 0.233 e. The lowest BCUT2D eigenvalue weighted by molar-refractivity contribution is -0.153. The molecular weight excluding hydrogens is 805 g/mol. The van der Waals surface area contributed by atoms with Crippen molar-refractivity contribution >= 4 is 70.0 Å². The Labute approximate surface area is 366 Å². The summed E-state index contributed by atoms with van der Waals surface area (Å²) >= 11 is 0. The van der Waals surface area contributed by atoms with Crippen LogP contribution in [0.1, 0.15) is 67.2 Å². The second-order valence-electron chi connectivity index (χ2n) is 15.2. The maximum absolute atomic E-state index is 12.1. The number of nitrogens with one attached hydrogen (secondary N) is 4. The van der Waals surface area contributed by atoms with E-state index in [0.717, 1.165) is 22.3 Å². The molecule has 0 radical (unpaired) electrons. The van der Waals surface area contributed by atoms with E-state index in [1.165, 1.54) is 9.80 Å². The number of amides is 8. The third-order valence-corrected chi connectivity index (χ3v) is 10.4. The van der Waals surface area contributed by atoms with E-state index in [0.29, 0.717) is 80.8 Å². The van der Waals surface area contributed by atoms with Gasteiger partial charge in [0.15, 0.2) is 0 Å². The summed E-state index contributed by atoms with van der Waals surface area (Å²) in [5.41, 5.74) is 17.7. The molecule has 2 saturated heterocycles. The van der Waals surface area contributed by atoms with Crippen LogP contribution in [0.25, 0.3) is 0 Å². The first kappa shape index (κ1) is 46.7. The van der Waals surface area contributed by atoms with E-state index < -0.39 is 0 Å². The van der Waals surface area contributed by atoms with Crippen LogP contribution in [0.5, 0.6) is 0 Å². The number of nitrogens with two attached hydrogens (primary N) is 2. The first-order valence-corrected chi connectivity index (χ1v) is 21.0. The Balaban J connectivity index is 0.000000238. The van der Waals surface area contributed by atoms with Gasteiger partial charge in [0, 0.05) is 93.9 Å². The van der Waals surface area contributed by atoms with Gasteiger partial charge in [-0.3, -0.25) is 48.2 Å². The highest BCUT2D eigenvalue weighted by molar-refractivity contribution is 6.00. The molecule has 0 unspecified atom stereocenters. The van der Waals surface area contributed by atoms with Gasteiger partial charge in [-0.15, -0.1) is 0 Å². The zero-order chi connectivity index (χ0) is 45.1. The number of benzene rings is 4. The average molecular weight is 859 g/mol. The number of nitrogen functional groups attached to an aromatic ring is 2. The third-order valence-electron chi connectivity index (χ3n) is 10.4. The summed E-state index contributed by atoms with van der Waals surface area (Å²) in [6, 6.07) is 28.9. The van der Waals surface area contributed by atoms with Crippen LogP contribution in [0.2, 0.25) is 0 Å². The summed E-state index contributed by atoms with van der Waals surface area (Å²) in [7, 11) is 0. The molecule has 0 bridgehead atoms. The number of aryl methyl sites for hydroxylation is 3. The van der Waals surface area contributed by atoms with Crippen LogP contribution in [-0.4, -0.2) is 83.2 Å². The van der Waals surface area contributed by atoms with Gasteiger partial charge < -0.3 is 32.7 Å². The van der Waals surface area contributed by atoms with Crippen LogP contribution in [0, 0.1) is 0 Å². The number of carbonyl (C=O) groups is 8. The topological polar surface area (TPSA) is 243 Å². The number of β-lactam (4-membered cyclic amide) rings is 2. The highest BCUT2D eigenvalue weighted by Crippen LogP contribution is 2.17. The van der Waals surface area contributed by atoms with Gasteiger partial charge in [-0.25, -0.2) is 0 Å². The van der Waals surface area contributed by atoms with E-state index in [4.69, 9.17) is 11.5 Å². The number of rotatable bonds is 19. The second-order valence-corrected chi connectivity index (χ2v) is 15.2. The molecule has 0 aliphatic carbocycles. The summed E-state index contributed by atoms with van der Waals surface area (Å²) in [4.78, 5) is 97.0. The molecule has 2 fully saturated rings. The molecule has 2 aliphatic rings. The van der Waals surface area contributed by atoms with Gasteiger partial charge in [0.2, 0.25) is 47.3 Å². The molecule has 0 spiro atoms. The molecule has 16 heteroatoms. The molecule has 6 rings (SSSR count). The fourth-order valence-electron chi connectivity index (χ4n) is 6.41. The Bertz CT molecular complexity index is 2250. The van der Waals surface area contributed by atoms with E-state index in [1.54, 1.807) is 60.7 Å². The zero-order valence-corrected chi connectivity index (χ0v) is 35.2. The SMILES string of the molecule is Nc1ccc(CCC(=O)NCCC(=O)Nc2ccc(CC(=O)N3CCC3=O)cc2)cc1.Nc1ccc(CCC(=O)NCCC(=O)Nc2ccc(CCC(=O)N3CCC3=O)cc2)cc1. The van der Waals surface area contributed by atoms with Crippen molar-refractivity contribution < 1.29 is 38.4 Å². The predicted octanol–water partition coefficient (Wildman–Crippen LogP) is 3.69. The van der Waals surface area contributed by atoms with Crippen LogP contribution in [0.3, 0.4) is 0 Å². The minimum absolute atomic E-state index is 0.103. The van der Waals surface area contributed by atoms with Crippen molar-refractivity contribution in [3.8, 4) is 0 Å². The van der Waals surface area contributed by atoms with Crippen LogP contribution >= 0.6 is 0 Å². The molecule has 4 aromatic rings. The van der Waals surface area contributed by atoms with Crippen molar-refractivity contribution in [3.63, 3.8) is 0 Å². The number of anilines is 4. The predicted molar refractivity (Wildman–Crippen MR) is 238 cm³/mol. The Morgan fingerprint density at radius 3 is 1.19 bits per heavy atom. The fraction of sp³-hybridized carbons (Fsp3) is 0.319. The van der Waals surface area contributed by atoms with Crippen LogP contribution < -0.4 is 32.7 Å². The number of imide groups is 2. The van der Waals surface area contributed by atoms with Gasteiger partial charge in [0.25, 0.3) is 0 Å². The third kappa shape index (κ3) is 15.9. The highest BCUT2D eigenvalue weighted by Gasteiger charge is 2.30. The minimum Gasteiger partial charge on any atom is -0.399 e. The number of likely N-dealkylation sites (tertiary alicyclic amines) is 2. The lowest BCUT2D eigenvalue weighted by Gasteiger charge is -2.28. The monoisotopic (exact) mass is 858 g/mol. The first-order valence-electron chi connectivity index (χ1n) is 21.0. The van der Waals surface area contributed by atoms with Crippen molar-refractivity contribution in [2.45, 2.75) is 70.6 Å². The lowest BCUT2D eigenvalue weighted by atomic mass is 10.1. The van der Waals surface area contributed by atoms with E-state index in [2.05, 4.69) is 21.3 Å². The standard InChI is InChI=1S/C24H28N4O4.C23H26N4O4/c25-19-7-1-17(2-8-19)5-11-21(29)26-15-13-22(30)27-20-9-3-18(4-10-20)6-12-23(31)28-16-14-24(28)32;24-18-6-1-16(2-7-18)5-10-20(28)25-13-11-21(29)26-19-8-3-17(4-9-19)15-23(31)27-14-12-22(27)30/h1-4,7-10H,5-6,11-16,25H2,(H,26,29)(H,27,30);1-4,6-9H,5,10-15,24H2,(H,25,28)(H,26,29). The molecule has 2 aliphatic heterocycles. The molecule has 2 heterocycles. The number of nitrogens with zero attached hydrogens (tertiary/aromatic N) is 2. The molecule has 4 aromatic carbocycles. The summed E-state index contributed by atoms with van der Waals surface area (Å²) < 4.78 is 0. The summed E-state index contributed by atoms with van der Waals surface area (Å²) in [5, 5.41) is 11.0. The fourth-order valence-corrected chi connectivity index (χ4v) is 6.41.